The summed E-state index contributed by atoms with van der Waals surface area (Å²) >= 11 is 0. The van der Waals surface area contributed by atoms with Crippen LogP contribution in [0.1, 0.15) is 21.5 Å². The molecule has 2 heterocycles. The number of pyridine rings is 1. The predicted octanol–water partition coefficient (Wildman–Crippen LogP) is 2.61. The lowest BCUT2D eigenvalue weighted by Crippen LogP contribution is -2.28. The highest BCUT2D eigenvalue weighted by molar-refractivity contribution is 6.35. The second kappa shape index (κ2) is 4.74. The number of carbonyl (C=O) groups is 2. The Hall–Kier alpha value is -2.75. The van der Waals surface area contributed by atoms with Crippen LogP contribution < -0.4 is 5.32 Å². The third kappa shape index (κ3) is 2.12. The van der Waals surface area contributed by atoms with E-state index in [1.54, 1.807) is 24.4 Å². The molecule has 4 heteroatoms. The lowest BCUT2D eigenvalue weighted by molar-refractivity contribution is -0.112. The number of ketones is 1. The average Bonchev–Trinajstić information content (AvgIpc) is 2.45. The van der Waals surface area contributed by atoms with Gasteiger partial charge in [-0.25, -0.2) is 4.98 Å². The van der Waals surface area contributed by atoms with E-state index in [9.17, 15) is 9.59 Å². The zero-order valence-corrected chi connectivity index (χ0v) is 10.9. The van der Waals surface area contributed by atoms with Gasteiger partial charge in [-0.3, -0.25) is 9.59 Å². The molecule has 0 unspecified atom stereocenters. The number of aryl methyl sites for hydroxylation is 1. The van der Waals surface area contributed by atoms with Crippen molar-refractivity contribution in [2.45, 2.75) is 6.92 Å². The zero-order chi connectivity index (χ0) is 14.1. The van der Waals surface area contributed by atoms with Crippen molar-refractivity contribution >= 4 is 23.6 Å². The highest BCUT2D eigenvalue weighted by Gasteiger charge is 2.28. The summed E-state index contributed by atoms with van der Waals surface area (Å²) in [5.41, 5.74) is 2.50. The molecular weight excluding hydrogens is 252 g/mol. The van der Waals surface area contributed by atoms with E-state index in [2.05, 4.69) is 10.3 Å². The van der Waals surface area contributed by atoms with E-state index in [1.807, 2.05) is 31.2 Å². The van der Waals surface area contributed by atoms with Crippen LogP contribution in [0.3, 0.4) is 0 Å². The third-order valence-electron chi connectivity index (χ3n) is 3.16. The van der Waals surface area contributed by atoms with E-state index in [1.165, 1.54) is 0 Å². The van der Waals surface area contributed by atoms with Crippen molar-refractivity contribution in [3.8, 4) is 0 Å². The molecule has 0 aliphatic carbocycles. The Morgan fingerprint density at radius 1 is 1.10 bits per heavy atom. The lowest BCUT2D eigenvalue weighted by Gasteiger charge is -2.16. The van der Waals surface area contributed by atoms with Gasteiger partial charge < -0.3 is 5.32 Å². The van der Waals surface area contributed by atoms with E-state index < -0.39 is 5.91 Å². The van der Waals surface area contributed by atoms with Crippen molar-refractivity contribution in [3.05, 3.63) is 64.9 Å². The summed E-state index contributed by atoms with van der Waals surface area (Å²) in [4.78, 5) is 28.3. The minimum absolute atomic E-state index is 0.134. The van der Waals surface area contributed by atoms with Crippen LogP contribution >= 0.6 is 0 Å². The Labute approximate surface area is 116 Å². The fourth-order valence-electron chi connectivity index (χ4n) is 2.07. The number of Topliss-reactive ketones (excluding diaryl/α,β-unsaturated/α-hetero) is 1. The van der Waals surface area contributed by atoms with Gasteiger partial charge in [0.05, 0.1) is 11.1 Å². The van der Waals surface area contributed by atoms with Crippen LogP contribution in [0.2, 0.25) is 0 Å². The van der Waals surface area contributed by atoms with Crippen LogP contribution in [0.25, 0.3) is 6.08 Å². The number of fused-ring (bicyclic) bond motifs is 1. The number of rotatable bonds is 1. The van der Waals surface area contributed by atoms with E-state index in [4.69, 9.17) is 0 Å². The van der Waals surface area contributed by atoms with Gasteiger partial charge in [0.1, 0.15) is 5.82 Å². The number of hydrogen-bond acceptors (Lipinski definition) is 3. The van der Waals surface area contributed by atoms with Crippen LogP contribution in [0, 0.1) is 6.92 Å². The second-order valence-corrected chi connectivity index (χ2v) is 4.65. The Bertz CT molecular complexity index is 730. The standard InChI is InChI=1S/C16H12N2O2/c1-10-4-6-11(7-5-10)9-13-14(19)12-3-2-8-17-15(12)18-16(13)20/h2-9H,1H3,(H,17,18,20). The van der Waals surface area contributed by atoms with Crippen molar-refractivity contribution in [3.63, 3.8) is 0 Å². The van der Waals surface area contributed by atoms with Gasteiger partial charge in [0.15, 0.2) is 0 Å². The molecule has 1 N–H and O–H groups in total. The predicted molar refractivity (Wildman–Crippen MR) is 76.4 cm³/mol. The quantitative estimate of drug-likeness (QED) is 0.636. The Morgan fingerprint density at radius 2 is 1.85 bits per heavy atom. The van der Waals surface area contributed by atoms with Crippen molar-refractivity contribution in [2.75, 3.05) is 5.32 Å². The van der Waals surface area contributed by atoms with Crippen LogP contribution in [0.5, 0.6) is 0 Å². The third-order valence-corrected chi connectivity index (χ3v) is 3.16. The number of nitrogens with one attached hydrogen (secondary N) is 1. The molecule has 0 spiro atoms. The van der Waals surface area contributed by atoms with Gasteiger partial charge in [0.25, 0.3) is 5.91 Å². The van der Waals surface area contributed by atoms with Gasteiger partial charge in [-0.1, -0.05) is 29.8 Å². The Kier molecular flexibility index (Phi) is 2.91. The molecule has 20 heavy (non-hydrogen) atoms. The fraction of sp³-hybridized carbons (Fsp3) is 0.0625. The number of hydrogen-bond donors (Lipinski definition) is 1. The molecule has 1 aliphatic rings. The summed E-state index contributed by atoms with van der Waals surface area (Å²) in [5, 5.41) is 2.63. The SMILES string of the molecule is Cc1ccc(C=C2C(=O)Nc3ncccc3C2=O)cc1. The van der Waals surface area contributed by atoms with E-state index in [0.29, 0.717) is 11.4 Å². The molecular formula is C16H12N2O2. The minimum Gasteiger partial charge on any atom is -0.306 e. The normalized spacial score (nSPS) is 15.9. The van der Waals surface area contributed by atoms with E-state index >= 15 is 0 Å². The summed E-state index contributed by atoms with van der Waals surface area (Å²) in [6, 6.07) is 11.0. The summed E-state index contributed by atoms with van der Waals surface area (Å²) in [5.74, 6) is -0.386. The van der Waals surface area contributed by atoms with Crippen LogP contribution in [0.4, 0.5) is 5.82 Å². The molecule has 1 aliphatic heterocycles. The Morgan fingerprint density at radius 3 is 2.60 bits per heavy atom. The van der Waals surface area contributed by atoms with Gasteiger partial charge >= 0.3 is 0 Å². The maximum Gasteiger partial charge on any atom is 0.260 e. The minimum atomic E-state index is -0.415. The first-order valence-corrected chi connectivity index (χ1v) is 6.24. The van der Waals surface area contributed by atoms with Crippen LogP contribution in [-0.4, -0.2) is 16.7 Å². The van der Waals surface area contributed by atoms with Gasteiger partial charge in [0.2, 0.25) is 5.78 Å². The van der Waals surface area contributed by atoms with Crippen molar-refractivity contribution in [1.82, 2.24) is 4.98 Å². The van der Waals surface area contributed by atoms with Crippen LogP contribution in [0.15, 0.2) is 48.2 Å². The van der Waals surface area contributed by atoms with Crippen molar-refractivity contribution in [1.29, 1.82) is 0 Å². The molecule has 0 bridgehead atoms. The smallest absolute Gasteiger partial charge is 0.260 e. The summed E-state index contributed by atoms with van der Waals surface area (Å²) in [7, 11) is 0. The fourth-order valence-corrected chi connectivity index (χ4v) is 2.07. The molecule has 0 atom stereocenters. The number of benzene rings is 1. The summed E-state index contributed by atoms with van der Waals surface area (Å²) in [6.45, 7) is 1.98. The molecule has 0 radical (unpaired) electrons. The molecule has 0 fully saturated rings. The summed E-state index contributed by atoms with van der Waals surface area (Å²) < 4.78 is 0. The molecule has 1 aromatic carbocycles. The van der Waals surface area contributed by atoms with Crippen LogP contribution in [-0.2, 0) is 4.79 Å². The average molecular weight is 264 g/mol. The monoisotopic (exact) mass is 264 g/mol. The lowest BCUT2D eigenvalue weighted by atomic mass is 9.97. The van der Waals surface area contributed by atoms with Gasteiger partial charge in [-0.2, -0.15) is 0 Å². The van der Waals surface area contributed by atoms with Gasteiger partial charge in [-0.15, -0.1) is 0 Å². The van der Waals surface area contributed by atoms with Crippen molar-refractivity contribution < 1.29 is 9.59 Å². The van der Waals surface area contributed by atoms with Gasteiger partial charge in [0, 0.05) is 6.20 Å². The molecule has 1 amide bonds. The highest BCUT2D eigenvalue weighted by Crippen LogP contribution is 2.24. The first-order chi connectivity index (χ1) is 9.65. The molecule has 3 rings (SSSR count). The zero-order valence-electron chi connectivity index (χ0n) is 10.9. The first-order valence-electron chi connectivity index (χ1n) is 6.24. The first kappa shape index (κ1) is 12.3. The largest absolute Gasteiger partial charge is 0.306 e. The number of nitrogens with zero attached hydrogens (tertiary/aromatic N) is 1. The Balaban J connectivity index is 2.04. The number of amides is 1. The molecule has 98 valence electrons. The molecule has 4 nitrogen and oxygen atoms in total. The molecule has 2 aromatic rings. The molecule has 0 saturated carbocycles. The number of aromatic nitrogens is 1. The number of anilines is 1. The maximum absolute atomic E-state index is 12.3. The maximum atomic E-state index is 12.3. The van der Waals surface area contributed by atoms with Crippen molar-refractivity contribution in [2.24, 2.45) is 0 Å². The summed E-state index contributed by atoms with van der Waals surface area (Å²) in [6.07, 6.45) is 3.15. The molecule has 0 saturated heterocycles. The highest BCUT2D eigenvalue weighted by atomic mass is 16.2. The topological polar surface area (TPSA) is 59.1 Å². The molecule has 1 aromatic heterocycles. The second-order valence-electron chi connectivity index (χ2n) is 4.65. The van der Waals surface area contributed by atoms with E-state index in [0.717, 1.165) is 11.1 Å². The van der Waals surface area contributed by atoms with Gasteiger partial charge in [-0.05, 0) is 30.7 Å². The number of carbonyl (C=O) groups excluding carboxylic acids is 2. The van der Waals surface area contributed by atoms with E-state index in [-0.39, 0.29) is 11.4 Å².